The molecule has 1 aliphatic rings. The second kappa shape index (κ2) is 10.8. The van der Waals surface area contributed by atoms with Gasteiger partial charge in [-0.1, -0.05) is 18.0 Å². The van der Waals surface area contributed by atoms with Gasteiger partial charge in [0, 0.05) is 30.2 Å². The second-order valence-corrected chi connectivity index (χ2v) is 9.63. The Bertz CT molecular complexity index is 989. The fourth-order valence-electron chi connectivity index (χ4n) is 3.38. The van der Waals surface area contributed by atoms with Gasteiger partial charge >= 0.3 is 0 Å². The molecule has 3 rings (SSSR count). The van der Waals surface area contributed by atoms with Gasteiger partial charge in [-0.3, -0.25) is 4.79 Å². The number of piperidine rings is 1. The molecule has 0 unspecified atom stereocenters. The number of nitrogens with one attached hydrogen (secondary N) is 1. The van der Waals surface area contributed by atoms with Crippen molar-refractivity contribution in [2.45, 2.75) is 37.0 Å². The molecule has 0 radical (unpaired) electrons. The largest absolute Gasteiger partial charge is 0.495 e. The number of benzene rings is 2. The Morgan fingerprint density at radius 1 is 1.10 bits per heavy atom. The predicted octanol–water partition coefficient (Wildman–Crippen LogP) is 4.32. The van der Waals surface area contributed by atoms with E-state index in [9.17, 15) is 13.2 Å². The van der Waals surface area contributed by atoms with Gasteiger partial charge in [0.1, 0.15) is 16.4 Å². The highest BCUT2D eigenvalue weighted by Gasteiger charge is 2.29. The molecule has 0 aliphatic carbocycles. The van der Waals surface area contributed by atoms with Crippen LogP contribution in [0, 0.1) is 0 Å². The normalized spacial score (nSPS) is 14.8. The van der Waals surface area contributed by atoms with E-state index < -0.39 is 10.0 Å². The van der Waals surface area contributed by atoms with Crippen LogP contribution in [0.4, 0.5) is 5.69 Å². The summed E-state index contributed by atoms with van der Waals surface area (Å²) < 4.78 is 38.5. The monoisotopic (exact) mass is 466 g/mol. The molecule has 2 aromatic rings. The Labute approximate surface area is 188 Å². The van der Waals surface area contributed by atoms with Crippen LogP contribution in [0.2, 0.25) is 5.02 Å². The molecule has 1 saturated heterocycles. The zero-order valence-corrected chi connectivity index (χ0v) is 19.0. The molecule has 1 amide bonds. The molecule has 0 atom stereocenters. The number of anilines is 1. The third kappa shape index (κ3) is 6.35. The third-order valence-electron chi connectivity index (χ3n) is 5.01. The maximum Gasteiger partial charge on any atom is 0.246 e. The van der Waals surface area contributed by atoms with Gasteiger partial charge < -0.3 is 14.8 Å². The quantitative estimate of drug-likeness (QED) is 0.556. The van der Waals surface area contributed by atoms with Crippen LogP contribution in [0.25, 0.3) is 0 Å². The summed E-state index contributed by atoms with van der Waals surface area (Å²) >= 11 is 5.84. The number of amides is 1. The van der Waals surface area contributed by atoms with Crippen molar-refractivity contribution in [2.75, 3.05) is 32.1 Å². The maximum absolute atomic E-state index is 13.1. The number of rotatable bonds is 9. The van der Waals surface area contributed by atoms with Crippen molar-refractivity contribution in [1.29, 1.82) is 0 Å². The van der Waals surface area contributed by atoms with Crippen LogP contribution in [0.5, 0.6) is 11.5 Å². The molecule has 0 bridgehead atoms. The standard InChI is InChI=1S/C22H27ClN2O5S/c1-29-20-12-9-18(16-21(20)31(27,28)25-13-3-2-4-14-25)24-22(26)6-5-15-30-19-10-7-17(23)8-11-19/h7-12,16H,2-6,13-15H2,1H3,(H,24,26). The van der Waals surface area contributed by atoms with E-state index in [-0.39, 0.29) is 23.0 Å². The Kier molecular flexibility index (Phi) is 8.17. The average Bonchev–Trinajstić information content (AvgIpc) is 2.78. The molecule has 2 aromatic carbocycles. The molecule has 1 aliphatic heterocycles. The number of ether oxygens (including phenoxy) is 2. The third-order valence-corrected chi connectivity index (χ3v) is 7.18. The average molecular weight is 467 g/mol. The second-order valence-electron chi connectivity index (χ2n) is 7.28. The summed E-state index contributed by atoms with van der Waals surface area (Å²) in [6.45, 7) is 1.37. The summed E-state index contributed by atoms with van der Waals surface area (Å²) in [4.78, 5) is 12.4. The minimum atomic E-state index is -3.69. The van der Waals surface area contributed by atoms with Crippen molar-refractivity contribution in [1.82, 2.24) is 4.31 Å². The van der Waals surface area contributed by atoms with Crippen molar-refractivity contribution in [2.24, 2.45) is 0 Å². The topological polar surface area (TPSA) is 84.9 Å². The molecule has 1 heterocycles. The van der Waals surface area contributed by atoms with Crippen LogP contribution in [0.15, 0.2) is 47.4 Å². The van der Waals surface area contributed by atoms with Gasteiger partial charge in [0.25, 0.3) is 0 Å². The minimum Gasteiger partial charge on any atom is -0.495 e. The number of methoxy groups -OCH3 is 1. The van der Waals surface area contributed by atoms with Crippen LogP contribution < -0.4 is 14.8 Å². The first-order chi connectivity index (χ1) is 14.9. The van der Waals surface area contributed by atoms with E-state index in [1.165, 1.54) is 17.5 Å². The summed E-state index contributed by atoms with van der Waals surface area (Å²) in [5, 5.41) is 3.40. The van der Waals surface area contributed by atoms with E-state index in [2.05, 4.69) is 5.32 Å². The molecular formula is C22H27ClN2O5S. The number of halogens is 1. The Balaban J connectivity index is 1.58. The summed E-state index contributed by atoms with van der Waals surface area (Å²) in [5.41, 5.74) is 0.417. The number of nitrogens with zero attached hydrogens (tertiary/aromatic N) is 1. The first kappa shape index (κ1) is 23.4. The highest BCUT2D eigenvalue weighted by molar-refractivity contribution is 7.89. The molecule has 9 heteroatoms. The number of carbonyl (C=O) groups excluding carboxylic acids is 1. The zero-order valence-electron chi connectivity index (χ0n) is 17.5. The fourth-order valence-corrected chi connectivity index (χ4v) is 5.20. The molecule has 31 heavy (non-hydrogen) atoms. The van der Waals surface area contributed by atoms with Gasteiger partial charge in [-0.05, 0) is 61.7 Å². The Morgan fingerprint density at radius 3 is 2.48 bits per heavy atom. The van der Waals surface area contributed by atoms with Crippen LogP contribution in [0.1, 0.15) is 32.1 Å². The lowest BCUT2D eigenvalue weighted by Crippen LogP contribution is -2.35. The van der Waals surface area contributed by atoms with Gasteiger partial charge in [-0.25, -0.2) is 8.42 Å². The van der Waals surface area contributed by atoms with Crippen molar-refractivity contribution in [3.63, 3.8) is 0 Å². The smallest absolute Gasteiger partial charge is 0.246 e. The van der Waals surface area contributed by atoms with Gasteiger partial charge in [-0.15, -0.1) is 0 Å². The SMILES string of the molecule is COc1ccc(NC(=O)CCCOc2ccc(Cl)cc2)cc1S(=O)(=O)N1CCCCC1. The van der Waals surface area contributed by atoms with E-state index in [4.69, 9.17) is 21.1 Å². The van der Waals surface area contributed by atoms with Gasteiger partial charge in [-0.2, -0.15) is 4.31 Å². The van der Waals surface area contributed by atoms with Crippen LogP contribution in [0.3, 0.4) is 0 Å². The molecule has 7 nitrogen and oxygen atoms in total. The summed E-state index contributed by atoms with van der Waals surface area (Å²) in [6.07, 6.45) is 3.48. The number of hydrogen-bond donors (Lipinski definition) is 1. The molecule has 0 spiro atoms. The molecule has 168 valence electrons. The number of hydrogen-bond acceptors (Lipinski definition) is 5. The lowest BCUT2D eigenvalue weighted by Gasteiger charge is -2.26. The van der Waals surface area contributed by atoms with Crippen molar-refractivity contribution in [3.05, 3.63) is 47.5 Å². The van der Waals surface area contributed by atoms with E-state index in [0.29, 0.717) is 42.6 Å². The van der Waals surface area contributed by atoms with Gasteiger partial charge in [0.2, 0.25) is 15.9 Å². The molecule has 0 saturated carbocycles. The number of carbonyl (C=O) groups is 1. The highest BCUT2D eigenvalue weighted by Crippen LogP contribution is 2.31. The Hall–Kier alpha value is -2.29. The minimum absolute atomic E-state index is 0.0702. The van der Waals surface area contributed by atoms with Gasteiger partial charge in [0.15, 0.2) is 0 Å². The molecule has 1 fully saturated rings. The van der Waals surface area contributed by atoms with Gasteiger partial charge in [0.05, 0.1) is 13.7 Å². The van der Waals surface area contributed by atoms with E-state index in [1.54, 1.807) is 36.4 Å². The first-order valence-corrected chi connectivity index (χ1v) is 12.1. The first-order valence-electron chi connectivity index (χ1n) is 10.3. The zero-order chi connectivity index (χ0) is 22.3. The summed E-state index contributed by atoms with van der Waals surface area (Å²) in [7, 11) is -2.26. The van der Waals surface area contributed by atoms with Crippen LogP contribution >= 0.6 is 11.6 Å². The maximum atomic E-state index is 13.1. The van der Waals surface area contributed by atoms with Crippen molar-refractivity contribution in [3.8, 4) is 11.5 Å². The van der Waals surface area contributed by atoms with E-state index in [0.717, 1.165) is 19.3 Å². The van der Waals surface area contributed by atoms with E-state index >= 15 is 0 Å². The predicted molar refractivity (Wildman–Crippen MR) is 120 cm³/mol. The van der Waals surface area contributed by atoms with E-state index in [1.807, 2.05) is 0 Å². The fraction of sp³-hybridized carbons (Fsp3) is 0.409. The van der Waals surface area contributed by atoms with Crippen LogP contribution in [-0.2, 0) is 14.8 Å². The highest BCUT2D eigenvalue weighted by atomic mass is 35.5. The summed E-state index contributed by atoms with van der Waals surface area (Å²) in [5.74, 6) is 0.735. The molecule has 0 aromatic heterocycles. The molecule has 1 N–H and O–H groups in total. The molecular weight excluding hydrogens is 440 g/mol. The van der Waals surface area contributed by atoms with Crippen molar-refractivity contribution >= 4 is 33.2 Å². The Morgan fingerprint density at radius 2 is 1.81 bits per heavy atom. The number of sulfonamides is 1. The lowest BCUT2D eigenvalue weighted by molar-refractivity contribution is -0.116. The van der Waals surface area contributed by atoms with Crippen molar-refractivity contribution < 1.29 is 22.7 Å². The lowest BCUT2D eigenvalue weighted by atomic mass is 10.2. The van der Waals surface area contributed by atoms with Crippen LogP contribution in [-0.4, -0.2) is 45.4 Å². The summed E-state index contributed by atoms with van der Waals surface area (Å²) in [6, 6.07) is 11.7.